The number of fused-ring (bicyclic) bond motifs is 1. The average molecular weight is 391 g/mol. The number of hydrogen-bond acceptors (Lipinski definition) is 3. The minimum absolute atomic E-state index is 0.0626. The lowest BCUT2D eigenvalue weighted by atomic mass is 9.74. The van der Waals surface area contributed by atoms with Gasteiger partial charge in [0.15, 0.2) is 5.78 Å². The number of aryl methyl sites for hydroxylation is 2. The molecule has 0 spiro atoms. The van der Waals surface area contributed by atoms with Crippen LogP contribution in [0.25, 0.3) is 22.4 Å². The van der Waals surface area contributed by atoms with Crippen LogP contribution in [0.2, 0.25) is 0 Å². The van der Waals surface area contributed by atoms with Crippen molar-refractivity contribution in [1.29, 1.82) is 0 Å². The number of hydrogen-bond donors (Lipinski definition) is 2. The predicted octanol–water partition coefficient (Wildman–Crippen LogP) is 4.40. The third-order valence-electron chi connectivity index (χ3n) is 5.65. The van der Waals surface area contributed by atoms with Crippen LogP contribution in [0.15, 0.2) is 30.3 Å². The SMILES string of the molecule is Cc1n[nH]c(C)c1-c1c2c(n(CC(=O)O)c1-c1ccccc1)CC(C)(C)CC2=O. The number of aromatic nitrogens is 3. The number of carbonyl (C=O) groups excluding carboxylic acids is 1. The highest BCUT2D eigenvalue weighted by Gasteiger charge is 2.39. The molecule has 6 heteroatoms. The van der Waals surface area contributed by atoms with Crippen molar-refractivity contribution in [2.45, 2.75) is 47.1 Å². The van der Waals surface area contributed by atoms with Crippen molar-refractivity contribution in [1.82, 2.24) is 14.8 Å². The maximum atomic E-state index is 13.3. The molecule has 1 aliphatic carbocycles. The van der Waals surface area contributed by atoms with Crippen LogP contribution in [-0.4, -0.2) is 31.6 Å². The van der Waals surface area contributed by atoms with Gasteiger partial charge < -0.3 is 9.67 Å². The van der Waals surface area contributed by atoms with Crippen molar-refractivity contribution in [3.63, 3.8) is 0 Å². The zero-order valence-electron chi connectivity index (χ0n) is 17.2. The standard InChI is InChI=1S/C23H25N3O3/c1-13-19(14(2)25-24-13)21-20-16(10-23(3,4)11-17(20)27)26(12-18(28)29)22(21)15-8-6-5-7-9-15/h5-9H,10-12H2,1-4H3,(H,24,25)(H,28,29). The molecular formula is C23H25N3O3. The Hall–Kier alpha value is -3.15. The summed E-state index contributed by atoms with van der Waals surface area (Å²) in [6.45, 7) is 7.77. The largest absolute Gasteiger partial charge is 0.480 e. The molecule has 0 radical (unpaired) electrons. The molecule has 2 N–H and O–H groups in total. The smallest absolute Gasteiger partial charge is 0.323 e. The number of benzene rings is 1. The average Bonchev–Trinajstić information content (AvgIpc) is 3.11. The number of aliphatic carboxylic acids is 1. The molecule has 0 saturated heterocycles. The number of rotatable bonds is 4. The van der Waals surface area contributed by atoms with Gasteiger partial charge in [0.05, 0.1) is 11.4 Å². The molecular weight excluding hydrogens is 366 g/mol. The van der Waals surface area contributed by atoms with Crippen LogP contribution in [0.5, 0.6) is 0 Å². The first kappa shape index (κ1) is 19.2. The zero-order valence-corrected chi connectivity index (χ0v) is 17.2. The Morgan fingerprint density at radius 3 is 2.41 bits per heavy atom. The van der Waals surface area contributed by atoms with E-state index in [4.69, 9.17) is 0 Å². The predicted molar refractivity (Wildman–Crippen MR) is 111 cm³/mol. The number of H-pyrrole nitrogens is 1. The Morgan fingerprint density at radius 2 is 1.83 bits per heavy atom. The summed E-state index contributed by atoms with van der Waals surface area (Å²) < 4.78 is 1.83. The Kier molecular flexibility index (Phi) is 4.45. The fourth-order valence-electron chi connectivity index (χ4n) is 4.56. The number of carboxylic acid groups (broad SMARTS) is 1. The van der Waals surface area contributed by atoms with Crippen LogP contribution in [0, 0.1) is 19.3 Å². The van der Waals surface area contributed by atoms with E-state index in [-0.39, 0.29) is 17.7 Å². The van der Waals surface area contributed by atoms with Crippen molar-refractivity contribution in [2.24, 2.45) is 5.41 Å². The van der Waals surface area contributed by atoms with Crippen LogP contribution in [-0.2, 0) is 17.8 Å². The summed E-state index contributed by atoms with van der Waals surface area (Å²) in [7, 11) is 0. The van der Waals surface area contributed by atoms with Gasteiger partial charge in [0.25, 0.3) is 0 Å². The minimum Gasteiger partial charge on any atom is -0.480 e. The second kappa shape index (κ2) is 6.72. The number of carboxylic acids is 1. The molecule has 4 rings (SSSR count). The van der Waals surface area contributed by atoms with E-state index in [9.17, 15) is 14.7 Å². The molecule has 0 amide bonds. The maximum Gasteiger partial charge on any atom is 0.323 e. The highest BCUT2D eigenvalue weighted by molar-refractivity contribution is 6.09. The lowest BCUT2D eigenvalue weighted by Gasteiger charge is -2.30. The summed E-state index contributed by atoms with van der Waals surface area (Å²) >= 11 is 0. The summed E-state index contributed by atoms with van der Waals surface area (Å²) in [5.74, 6) is -0.865. The van der Waals surface area contributed by atoms with Gasteiger partial charge in [-0.25, -0.2) is 0 Å². The molecule has 6 nitrogen and oxygen atoms in total. The molecule has 150 valence electrons. The van der Waals surface area contributed by atoms with Crippen molar-refractivity contribution in [3.05, 3.63) is 53.0 Å². The van der Waals surface area contributed by atoms with E-state index in [1.165, 1.54) is 0 Å². The lowest BCUT2D eigenvalue weighted by molar-refractivity contribution is -0.137. The van der Waals surface area contributed by atoms with Crippen LogP contribution < -0.4 is 0 Å². The van der Waals surface area contributed by atoms with Gasteiger partial charge in [0.1, 0.15) is 6.54 Å². The first-order valence-electron chi connectivity index (χ1n) is 9.77. The number of aromatic amines is 1. The molecule has 1 aromatic carbocycles. The van der Waals surface area contributed by atoms with Crippen LogP contribution in [0.1, 0.15) is 47.7 Å². The van der Waals surface area contributed by atoms with Gasteiger partial charge in [-0.15, -0.1) is 0 Å². The third-order valence-corrected chi connectivity index (χ3v) is 5.65. The van der Waals surface area contributed by atoms with Gasteiger partial charge in [-0.3, -0.25) is 14.7 Å². The molecule has 0 fully saturated rings. The van der Waals surface area contributed by atoms with E-state index in [2.05, 4.69) is 24.0 Å². The van der Waals surface area contributed by atoms with E-state index in [1.54, 1.807) is 0 Å². The minimum atomic E-state index is -0.928. The van der Waals surface area contributed by atoms with E-state index in [0.717, 1.165) is 39.5 Å². The van der Waals surface area contributed by atoms with Gasteiger partial charge in [0, 0.05) is 34.5 Å². The quantitative estimate of drug-likeness (QED) is 0.690. The molecule has 0 aliphatic heterocycles. The van der Waals surface area contributed by atoms with Gasteiger partial charge in [0.2, 0.25) is 0 Å². The van der Waals surface area contributed by atoms with E-state index in [1.807, 2.05) is 48.7 Å². The maximum absolute atomic E-state index is 13.3. The topological polar surface area (TPSA) is 88.0 Å². The first-order valence-corrected chi connectivity index (χ1v) is 9.77. The Morgan fingerprint density at radius 1 is 1.14 bits per heavy atom. The summed E-state index contributed by atoms with van der Waals surface area (Å²) in [5.41, 5.74) is 6.26. The van der Waals surface area contributed by atoms with Gasteiger partial charge >= 0.3 is 5.97 Å². The fourth-order valence-corrected chi connectivity index (χ4v) is 4.56. The molecule has 3 aromatic rings. The van der Waals surface area contributed by atoms with Crippen molar-refractivity contribution in [2.75, 3.05) is 0 Å². The first-order chi connectivity index (χ1) is 13.7. The monoisotopic (exact) mass is 391 g/mol. The van der Waals surface area contributed by atoms with E-state index in [0.29, 0.717) is 18.4 Å². The molecule has 0 unspecified atom stereocenters. The summed E-state index contributed by atoms with van der Waals surface area (Å²) in [6.07, 6.45) is 1.09. The summed E-state index contributed by atoms with van der Waals surface area (Å²) in [6, 6.07) is 9.70. The fraction of sp³-hybridized carbons (Fsp3) is 0.348. The molecule has 2 heterocycles. The lowest BCUT2D eigenvalue weighted by Crippen LogP contribution is -2.29. The van der Waals surface area contributed by atoms with Crippen LogP contribution in [0.3, 0.4) is 0 Å². The van der Waals surface area contributed by atoms with E-state index >= 15 is 0 Å². The van der Waals surface area contributed by atoms with Crippen molar-refractivity contribution < 1.29 is 14.7 Å². The van der Waals surface area contributed by atoms with Gasteiger partial charge in [-0.2, -0.15) is 5.10 Å². The van der Waals surface area contributed by atoms with Crippen molar-refractivity contribution >= 4 is 11.8 Å². The van der Waals surface area contributed by atoms with Gasteiger partial charge in [-0.05, 0) is 31.2 Å². The molecule has 29 heavy (non-hydrogen) atoms. The van der Waals surface area contributed by atoms with E-state index < -0.39 is 5.97 Å². The Labute approximate surface area is 169 Å². The second-order valence-electron chi connectivity index (χ2n) is 8.64. The third kappa shape index (κ3) is 3.18. The molecule has 0 saturated carbocycles. The van der Waals surface area contributed by atoms with Crippen LogP contribution >= 0.6 is 0 Å². The molecule has 2 aromatic heterocycles. The normalized spacial score (nSPS) is 15.4. The number of nitrogens with one attached hydrogen (secondary N) is 1. The second-order valence-corrected chi connectivity index (χ2v) is 8.64. The highest BCUT2D eigenvalue weighted by atomic mass is 16.4. The highest BCUT2D eigenvalue weighted by Crippen LogP contribution is 2.47. The number of Topliss-reactive ketones (excluding diaryl/α,β-unsaturated/α-hetero) is 1. The van der Waals surface area contributed by atoms with Gasteiger partial charge in [-0.1, -0.05) is 44.2 Å². The Bertz CT molecular complexity index is 1100. The number of nitrogens with zero attached hydrogens (tertiary/aromatic N) is 2. The summed E-state index contributed by atoms with van der Waals surface area (Å²) in [4.78, 5) is 25.1. The molecule has 1 aliphatic rings. The van der Waals surface area contributed by atoms with Crippen molar-refractivity contribution in [3.8, 4) is 22.4 Å². The molecule has 0 atom stereocenters. The number of carbonyl (C=O) groups is 2. The Balaban J connectivity index is 2.15. The zero-order chi connectivity index (χ0) is 20.9. The summed E-state index contributed by atoms with van der Waals surface area (Å²) in [5, 5.41) is 17.0. The van der Waals surface area contributed by atoms with Crippen LogP contribution in [0.4, 0.5) is 0 Å². The molecule has 0 bridgehead atoms. The number of ketones is 1.